The summed E-state index contributed by atoms with van der Waals surface area (Å²) < 4.78 is 65.7. The van der Waals surface area contributed by atoms with E-state index in [4.69, 9.17) is 0 Å². The van der Waals surface area contributed by atoms with E-state index < -0.39 is 44.7 Å². The van der Waals surface area contributed by atoms with Gasteiger partial charge >= 0.3 is 6.18 Å². The average Bonchev–Trinajstić information content (AvgIpc) is 2.77. The van der Waals surface area contributed by atoms with Crippen LogP contribution in [0, 0.1) is 16.0 Å². The molecule has 1 N–H and O–H groups in total. The molecule has 1 aliphatic heterocycles. The number of rotatable bonds is 7. The van der Waals surface area contributed by atoms with Gasteiger partial charge in [0.1, 0.15) is 5.69 Å². The molecule has 2 aromatic carbocycles. The van der Waals surface area contributed by atoms with Crippen LogP contribution in [0.3, 0.4) is 0 Å². The maximum atomic E-state index is 12.9. The Morgan fingerprint density at radius 1 is 1.18 bits per heavy atom. The smallest absolute Gasteiger partial charge is 0.372 e. The van der Waals surface area contributed by atoms with Gasteiger partial charge in [-0.1, -0.05) is 19.1 Å². The highest BCUT2D eigenvalue weighted by Gasteiger charge is 2.33. The van der Waals surface area contributed by atoms with Gasteiger partial charge in [0.15, 0.2) is 5.78 Å². The zero-order valence-electron chi connectivity index (χ0n) is 17.6. The number of hydrogen-bond donors (Lipinski definition) is 1. The lowest BCUT2D eigenvalue weighted by Gasteiger charge is -2.29. The molecular formula is C21H22F3N3O5S. The first kappa shape index (κ1) is 24.6. The van der Waals surface area contributed by atoms with Gasteiger partial charge in [-0.2, -0.15) is 17.5 Å². The summed E-state index contributed by atoms with van der Waals surface area (Å²) in [4.78, 5) is 22.8. The Morgan fingerprint density at radius 3 is 2.45 bits per heavy atom. The molecule has 12 heteroatoms. The number of piperidine rings is 1. The van der Waals surface area contributed by atoms with E-state index in [1.54, 1.807) is 0 Å². The number of nitro groups is 1. The number of halogens is 3. The molecule has 0 bridgehead atoms. The highest BCUT2D eigenvalue weighted by Crippen LogP contribution is 2.35. The molecular weight excluding hydrogens is 463 g/mol. The number of nitro benzene ring substituents is 1. The van der Waals surface area contributed by atoms with Crippen LogP contribution in [0.25, 0.3) is 0 Å². The van der Waals surface area contributed by atoms with Gasteiger partial charge < -0.3 is 5.32 Å². The van der Waals surface area contributed by atoms with Gasteiger partial charge in [-0.25, -0.2) is 8.42 Å². The fourth-order valence-electron chi connectivity index (χ4n) is 3.49. The number of carbonyl (C=O) groups excluding carboxylic acids is 1. The summed E-state index contributed by atoms with van der Waals surface area (Å²) in [6.45, 7) is 2.36. The van der Waals surface area contributed by atoms with Crippen molar-refractivity contribution in [2.24, 2.45) is 5.92 Å². The first-order chi connectivity index (χ1) is 15.4. The number of sulfonamides is 1. The predicted molar refractivity (Wildman–Crippen MR) is 115 cm³/mol. The van der Waals surface area contributed by atoms with Crippen molar-refractivity contribution >= 4 is 27.2 Å². The summed E-state index contributed by atoms with van der Waals surface area (Å²) >= 11 is 0. The maximum Gasteiger partial charge on any atom is 0.416 e. The zero-order valence-corrected chi connectivity index (χ0v) is 18.4. The van der Waals surface area contributed by atoms with Crippen LogP contribution in [0.2, 0.25) is 0 Å². The van der Waals surface area contributed by atoms with Gasteiger partial charge in [0, 0.05) is 24.7 Å². The van der Waals surface area contributed by atoms with Crippen LogP contribution in [-0.2, 0) is 16.2 Å². The Kier molecular flexibility index (Phi) is 7.08. The van der Waals surface area contributed by atoms with Crippen molar-refractivity contribution in [1.82, 2.24) is 4.31 Å². The second-order valence-corrected chi connectivity index (χ2v) is 9.82. The van der Waals surface area contributed by atoms with Crippen molar-refractivity contribution in [2.45, 2.75) is 30.8 Å². The number of hydrogen-bond acceptors (Lipinski definition) is 6. The lowest BCUT2D eigenvalue weighted by atomic mass is 10.0. The van der Waals surface area contributed by atoms with Crippen LogP contribution in [0.5, 0.6) is 0 Å². The molecule has 1 saturated heterocycles. The monoisotopic (exact) mass is 485 g/mol. The molecule has 33 heavy (non-hydrogen) atoms. The molecule has 3 rings (SSSR count). The van der Waals surface area contributed by atoms with Crippen molar-refractivity contribution in [2.75, 3.05) is 25.0 Å². The SMILES string of the molecule is CC1CCN(S(=O)(=O)c2cccc(C(=O)CNc3ccc(C(F)(F)F)cc3[N+](=O)[O-])c2)CC1. The average molecular weight is 485 g/mol. The van der Waals surface area contributed by atoms with E-state index >= 15 is 0 Å². The van der Waals surface area contributed by atoms with Crippen molar-refractivity contribution < 1.29 is 31.3 Å². The van der Waals surface area contributed by atoms with Crippen molar-refractivity contribution in [3.8, 4) is 0 Å². The molecule has 1 heterocycles. The van der Waals surface area contributed by atoms with Crippen LogP contribution >= 0.6 is 0 Å². The van der Waals surface area contributed by atoms with E-state index in [0.29, 0.717) is 31.1 Å². The molecule has 8 nitrogen and oxygen atoms in total. The van der Waals surface area contributed by atoms with Crippen LogP contribution in [0.1, 0.15) is 35.7 Å². The van der Waals surface area contributed by atoms with Gasteiger partial charge in [0.25, 0.3) is 5.69 Å². The van der Waals surface area contributed by atoms with E-state index in [9.17, 15) is 36.5 Å². The van der Waals surface area contributed by atoms with Crippen LogP contribution in [0.15, 0.2) is 47.4 Å². The number of alkyl halides is 3. The summed E-state index contributed by atoms with van der Waals surface area (Å²) in [5, 5.41) is 13.7. The van der Waals surface area contributed by atoms with Crippen molar-refractivity contribution in [3.63, 3.8) is 0 Å². The molecule has 0 spiro atoms. The third kappa shape index (κ3) is 5.69. The molecule has 0 radical (unpaired) electrons. The van der Waals surface area contributed by atoms with Crippen LogP contribution < -0.4 is 5.32 Å². The Morgan fingerprint density at radius 2 is 1.85 bits per heavy atom. The number of carbonyl (C=O) groups is 1. The molecule has 1 aliphatic rings. The zero-order chi connectivity index (χ0) is 24.4. The minimum Gasteiger partial charge on any atom is -0.372 e. The molecule has 0 amide bonds. The Bertz CT molecular complexity index is 1160. The fraction of sp³-hybridized carbons (Fsp3) is 0.381. The third-order valence-corrected chi connectivity index (χ3v) is 7.39. The van der Waals surface area contributed by atoms with Gasteiger partial charge in [-0.15, -0.1) is 0 Å². The fourth-order valence-corrected chi connectivity index (χ4v) is 5.01. The molecule has 1 fully saturated rings. The van der Waals surface area contributed by atoms with Gasteiger partial charge in [-0.3, -0.25) is 14.9 Å². The normalized spacial score (nSPS) is 15.9. The van der Waals surface area contributed by atoms with Gasteiger partial charge in [0.05, 0.1) is 21.9 Å². The summed E-state index contributed by atoms with van der Waals surface area (Å²) in [5.41, 5.74) is -2.21. The Balaban J connectivity index is 1.76. The van der Waals surface area contributed by atoms with Gasteiger partial charge in [0.2, 0.25) is 10.0 Å². The number of nitrogens with one attached hydrogen (secondary N) is 1. The maximum absolute atomic E-state index is 12.9. The summed E-state index contributed by atoms with van der Waals surface area (Å²) in [5.74, 6) is -0.141. The molecule has 0 saturated carbocycles. The first-order valence-electron chi connectivity index (χ1n) is 10.1. The van der Waals surface area contributed by atoms with Crippen molar-refractivity contribution in [3.05, 3.63) is 63.7 Å². The highest BCUT2D eigenvalue weighted by molar-refractivity contribution is 7.89. The third-order valence-electron chi connectivity index (χ3n) is 5.50. The predicted octanol–water partition coefficient (Wildman–Crippen LogP) is 4.33. The van der Waals surface area contributed by atoms with E-state index in [0.717, 1.165) is 18.9 Å². The highest BCUT2D eigenvalue weighted by atomic mass is 32.2. The summed E-state index contributed by atoms with van der Waals surface area (Å²) in [6.07, 6.45) is -3.27. The lowest BCUT2D eigenvalue weighted by molar-refractivity contribution is -0.384. The number of Topliss-reactive ketones (excluding diaryl/α,β-unsaturated/α-hetero) is 1. The van der Waals surface area contributed by atoms with Crippen LogP contribution in [-0.4, -0.2) is 43.1 Å². The molecule has 0 atom stereocenters. The van der Waals surface area contributed by atoms with E-state index in [1.165, 1.54) is 28.6 Å². The molecule has 0 aliphatic carbocycles. The summed E-state index contributed by atoms with van der Waals surface area (Å²) in [7, 11) is -3.78. The number of nitrogens with zero attached hydrogens (tertiary/aromatic N) is 2. The number of anilines is 1. The van der Waals surface area contributed by atoms with Crippen molar-refractivity contribution in [1.29, 1.82) is 0 Å². The standard InChI is InChI=1S/C21H22F3N3O5S/c1-14-7-9-26(10-8-14)33(31,32)17-4-2-3-15(11-17)20(28)13-25-18-6-5-16(21(22,23)24)12-19(18)27(29)30/h2-6,11-12,14,25H,7-10,13H2,1H3. The Labute approximate surface area is 188 Å². The number of benzene rings is 2. The van der Waals surface area contributed by atoms with E-state index in [2.05, 4.69) is 12.2 Å². The second-order valence-electron chi connectivity index (χ2n) is 7.88. The Hall–Kier alpha value is -2.99. The molecule has 2 aromatic rings. The summed E-state index contributed by atoms with van der Waals surface area (Å²) in [6, 6.07) is 7.39. The molecule has 0 unspecified atom stereocenters. The van der Waals surface area contributed by atoms with Crippen LogP contribution in [0.4, 0.5) is 24.5 Å². The lowest BCUT2D eigenvalue weighted by Crippen LogP contribution is -2.37. The largest absolute Gasteiger partial charge is 0.416 e. The number of ketones is 1. The minimum atomic E-state index is -4.75. The van der Waals surface area contributed by atoms with Gasteiger partial charge in [-0.05, 0) is 43.0 Å². The van der Waals surface area contributed by atoms with E-state index in [-0.39, 0.29) is 16.1 Å². The molecule has 0 aromatic heterocycles. The first-order valence-corrected chi connectivity index (χ1v) is 11.6. The second kappa shape index (κ2) is 9.48. The topological polar surface area (TPSA) is 110 Å². The molecule has 178 valence electrons. The quantitative estimate of drug-likeness (QED) is 0.355. The minimum absolute atomic E-state index is 0.0385. The van der Waals surface area contributed by atoms with E-state index in [1.807, 2.05) is 0 Å².